The summed E-state index contributed by atoms with van der Waals surface area (Å²) in [5.74, 6) is -1.39. The van der Waals surface area contributed by atoms with Crippen LogP contribution in [0.15, 0.2) is 18.2 Å². The molecule has 0 bridgehead atoms. The lowest BCUT2D eigenvalue weighted by atomic mass is 10.1. The van der Waals surface area contributed by atoms with E-state index in [-0.39, 0.29) is 5.56 Å². The molecule has 0 aliphatic carbocycles. The second-order valence-electron chi connectivity index (χ2n) is 4.29. The van der Waals surface area contributed by atoms with Crippen LogP contribution in [0.2, 0.25) is 0 Å². The average Bonchev–Trinajstić information content (AvgIpc) is 2.08. The van der Waals surface area contributed by atoms with Gasteiger partial charge in [-0.25, -0.2) is 13.5 Å². The molecule has 15 heavy (non-hydrogen) atoms. The molecule has 0 unspecified atom stereocenters. The molecule has 0 heterocycles. The fourth-order valence-electron chi connectivity index (χ4n) is 0.926. The molecule has 0 saturated carbocycles. The first kappa shape index (κ1) is 11.6. The lowest BCUT2D eigenvalue weighted by molar-refractivity contribution is -0.530. The summed E-state index contributed by atoms with van der Waals surface area (Å²) < 4.78 is 26.4. The predicted molar refractivity (Wildman–Crippen MR) is 54.9 cm³/mol. The maximum absolute atomic E-state index is 13.2. The first-order valence-corrected chi connectivity index (χ1v) is 4.57. The molecule has 1 rings (SSSR count). The van der Waals surface area contributed by atoms with Crippen molar-refractivity contribution in [1.82, 2.24) is 0 Å². The number of benzene rings is 1. The fraction of sp³-hybridized carbons (Fsp3) is 0.364. The van der Waals surface area contributed by atoms with Crippen molar-refractivity contribution in [3.8, 4) is 0 Å². The van der Waals surface area contributed by atoms with E-state index in [2.05, 4.69) is 0 Å². The highest BCUT2D eigenvalue weighted by molar-refractivity contribution is 5.76. The van der Waals surface area contributed by atoms with E-state index in [0.717, 1.165) is 18.3 Å². The Bertz CT molecular complexity index is 394. The minimum absolute atomic E-state index is 0.0846. The monoisotopic (exact) mass is 213 g/mol. The largest absolute Gasteiger partial charge is 0.623 e. The van der Waals surface area contributed by atoms with E-state index < -0.39 is 17.2 Å². The molecule has 0 amide bonds. The van der Waals surface area contributed by atoms with Gasteiger partial charge in [-0.3, -0.25) is 0 Å². The van der Waals surface area contributed by atoms with Crippen LogP contribution in [0.25, 0.3) is 0 Å². The lowest BCUT2D eigenvalue weighted by Crippen LogP contribution is -2.29. The minimum atomic E-state index is -0.736. The SMILES string of the molecule is CC(C)(C)/[N+]([O-])=C\c1ccc(F)cc1F. The Kier molecular flexibility index (Phi) is 3.07. The van der Waals surface area contributed by atoms with Crippen LogP contribution in [-0.2, 0) is 0 Å². The van der Waals surface area contributed by atoms with Crippen molar-refractivity contribution in [3.05, 3.63) is 40.6 Å². The van der Waals surface area contributed by atoms with Crippen molar-refractivity contribution in [3.63, 3.8) is 0 Å². The van der Waals surface area contributed by atoms with E-state index in [0.29, 0.717) is 4.74 Å². The zero-order valence-electron chi connectivity index (χ0n) is 8.92. The topological polar surface area (TPSA) is 26.1 Å². The number of hydroxylamine groups is 1. The van der Waals surface area contributed by atoms with Crippen LogP contribution in [0, 0.1) is 16.8 Å². The molecule has 0 spiro atoms. The van der Waals surface area contributed by atoms with Gasteiger partial charge in [-0.05, 0) is 12.1 Å². The van der Waals surface area contributed by atoms with Crippen molar-refractivity contribution >= 4 is 6.21 Å². The van der Waals surface area contributed by atoms with Gasteiger partial charge in [0, 0.05) is 26.8 Å². The summed E-state index contributed by atoms with van der Waals surface area (Å²) in [4.78, 5) is 0. The summed E-state index contributed by atoms with van der Waals surface area (Å²) in [6, 6.07) is 3.11. The molecule has 0 fully saturated rings. The molecule has 1 aromatic rings. The molecular formula is C11H13F2NO. The molecule has 1 aromatic carbocycles. The maximum atomic E-state index is 13.2. The zero-order valence-corrected chi connectivity index (χ0v) is 8.92. The third-order valence-corrected chi connectivity index (χ3v) is 1.88. The quantitative estimate of drug-likeness (QED) is 0.305. The van der Waals surface area contributed by atoms with E-state index in [1.54, 1.807) is 20.8 Å². The molecule has 0 aromatic heterocycles. The molecule has 82 valence electrons. The number of hydrogen-bond acceptors (Lipinski definition) is 1. The van der Waals surface area contributed by atoms with Crippen molar-refractivity contribution in [1.29, 1.82) is 0 Å². The predicted octanol–water partition coefficient (Wildman–Crippen LogP) is 2.69. The highest BCUT2D eigenvalue weighted by Gasteiger charge is 2.18. The summed E-state index contributed by atoms with van der Waals surface area (Å²) in [6.45, 7) is 5.12. The van der Waals surface area contributed by atoms with Crippen molar-refractivity contribution < 1.29 is 13.5 Å². The molecule has 0 N–H and O–H groups in total. The van der Waals surface area contributed by atoms with Crippen LogP contribution >= 0.6 is 0 Å². The van der Waals surface area contributed by atoms with Gasteiger partial charge in [0.2, 0.25) is 0 Å². The highest BCUT2D eigenvalue weighted by atomic mass is 19.1. The third kappa shape index (κ3) is 3.01. The van der Waals surface area contributed by atoms with Crippen molar-refractivity contribution in [2.75, 3.05) is 0 Å². The maximum Gasteiger partial charge on any atom is 0.185 e. The van der Waals surface area contributed by atoms with Crippen molar-refractivity contribution in [2.45, 2.75) is 26.3 Å². The Balaban J connectivity index is 3.09. The van der Waals surface area contributed by atoms with Gasteiger partial charge in [-0.1, -0.05) is 0 Å². The third-order valence-electron chi connectivity index (χ3n) is 1.88. The van der Waals surface area contributed by atoms with E-state index >= 15 is 0 Å². The Morgan fingerprint density at radius 1 is 1.27 bits per heavy atom. The van der Waals surface area contributed by atoms with Crippen LogP contribution in [0.4, 0.5) is 8.78 Å². The normalized spacial score (nSPS) is 13.0. The summed E-state index contributed by atoms with van der Waals surface area (Å²) in [5, 5.41) is 11.5. The van der Waals surface area contributed by atoms with E-state index in [4.69, 9.17) is 0 Å². The van der Waals surface area contributed by atoms with Gasteiger partial charge >= 0.3 is 0 Å². The molecule has 0 radical (unpaired) electrons. The second-order valence-corrected chi connectivity index (χ2v) is 4.29. The highest BCUT2D eigenvalue weighted by Crippen LogP contribution is 2.10. The first-order valence-electron chi connectivity index (χ1n) is 4.57. The second kappa shape index (κ2) is 3.96. The number of hydrogen-bond donors (Lipinski definition) is 0. The first-order chi connectivity index (χ1) is 6.80. The molecule has 0 saturated heterocycles. The number of halogens is 2. The lowest BCUT2D eigenvalue weighted by Gasteiger charge is -2.18. The van der Waals surface area contributed by atoms with Crippen LogP contribution in [0.5, 0.6) is 0 Å². The van der Waals surface area contributed by atoms with E-state index in [1.807, 2.05) is 0 Å². The van der Waals surface area contributed by atoms with Gasteiger partial charge in [0.05, 0.1) is 5.56 Å². The zero-order chi connectivity index (χ0) is 11.6. The Morgan fingerprint density at radius 2 is 1.87 bits per heavy atom. The molecule has 0 atom stereocenters. The standard InChI is InChI=1S/C11H13F2NO/c1-11(2,3)14(15)7-8-4-5-9(12)6-10(8)13/h4-7H,1-3H3/b14-7+. The van der Waals surface area contributed by atoms with Crippen molar-refractivity contribution in [2.24, 2.45) is 0 Å². The average molecular weight is 213 g/mol. The Labute approximate surface area is 87.4 Å². The van der Waals surface area contributed by atoms with Crippen LogP contribution < -0.4 is 0 Å². The minimum Gasteiger partial charge on any atom is -0.623 e. The number of nitrogens with zero attached hydrogens (tertiary/aromatic N) is 1. The summed E-state index contributed by atoms with van der Waals surface area (Å²) in [6.07, 6.45) is 1.12. The van der Waals surface area contributed by atoms with E-state index in [1.165, 1.54) is 6.07 Å². The summed E-state index contributed by atoms with van der Waals surface area (Å²) in [7, 11) is 0. The van der Waals surface area contributed by atoms with Crippen LogP contribution in [0.3, 0.4) is 0 Å². The van der Waals surface area contributed by atoms with Gasteiger partial charge in [0.1, 0.15) is 11.6 Å². The van der Waals surface area contributed by atoms with Gasteiger partial charge in [-0.2, -0.15) is 0 Å². The molecular weight excluding hydrogens is 200 g/mol. The van der Waals surface area contributed by atoms with E-state index in [9.17, 15) is 14.0 Å². The summed E-state index contributed by atoms with van der Waals surface area (Å²) >= 11 is 0. The van der Waals surface area contributed by atoms with Crippen LogP contribution in [-0.4, -0.2) is 16.5 Å². The van der Waals surface area contributed by atoms with Gasteiger partial charge in [0.25, 0.3) is 0 Å². The van der Waals surface area contributed by atoms with Gasteiger partial charge in [0.15, 0.2) is 11.8 Å². The Hall–Kier alpha value is -1.45. The van der Waals surface area contributed by atoms with Gasteiger partial charge in [-0.15, -0.1) is 0 Å². The molecule has 4 heteroatoms. The smallest absolute Gasteiger partial charge is 0.185 e. The Morgan fingerprint density at radius 3 is 2.33 bits per heavy atom. The fourth-order valence-corrected chi connectivity index (χ4v) is 0.926. The van der Waals surface area contributed by atoms with Gasteiger partial charge < -0.3 is 5.21 Å². The molecule has 0 aliphatic rings. The molecule has 0 aliphatic heterocycles. The van der Waals surface area contributed by atoms with Crippen LogP contribution in [0.1, 0.15) is 26.3 Å². The molecule has 2 nitrogen and oxygen atoms in total. The number of rotatable bonds is 1. The summed E-state index contributed by atoms with van der Waals surface area (Å²) in [5.41, 5.74) is -0.554.